The molecule has 4 nitrogen and oxygen atoms in total. The van der Waals surface area contributed by atoms with Gasteiger partial charge < -0.3 is 9.53 Å². The lowest BCUT2D eigenvalue weighted by atomic mass is 10.0. The molecular weight excluding hydrogens is 372 g/mol. The van der Waals surface area contributed by atoms with Crippen molar-refractivity contribution >= 4 is 23.5 Å². The Bertz CT molecular complexity index is 970. The number of carbonyl (C=O) groups is 1. The van der Waals surface area contributed by atoms with Gasteiger partial charge in [0.05, 0.1) is 10.7 Å². The Hall–Kier alpha value is -2.98. The maximum Gasteiger partial charge on any atom is 0.219 e. The highest BCUT2D eigenvalue weighted by atomic mass is 35.5. The Morgan fingerprint density at radius 2 is 2.04 bits per heavy atom. The normalized spacial score (nSPS) is 12.1. The highest BCUT2D eigenvalue weighted by Gasteiger charge is 2.07. The standard InChI is InChI=1S/C23H21ClN2O2/c1-16(13-17(2)27)6-7-18-8-11-23(26-15-18)28-22-10-9-19(14-20(22)24)21-5-3-4-12-25-21/h3-12,14-16H,13H2,1-2H3/b7-6+/t16-/m0/s1. The molecule has 0 aliphatic rings. The number of Topliss-reactive ketones (excluding diaryl/α,β-unsaturated/α-hetero) is 1. The van der Waals surface area contributed by atoms with Crippen molar-refractivity contribution < 1.29 is 9.53 Å². The van der Waals surface area contributed by atoms with E-state index in [-0.39, 0.29) is 11.7 Å². The highest BCUT2D eigenvalue weighted by molar-refractivity contribution is 6.32. The van der Waals surface area contributed by atoms with Gasteiger partial charge in [-0.3, -0.25) is 4.98 Å². The monoisotopic (exact) mass is 392 g/mol. The van der Waals surface area contributed by atoms with Crippen LogP contribution in [0.25, 0.3) is 17.3 Å². The minimum atomic E-state index is 0.185. The van der Waals surface area contributed by atoms with Gasteiger partial charge in [0.2, 0.25) is 5.88 Å². The van der Waals surface area contributed by atoms with Crippen molar-refractivity contribution in [2.45, 2.75) is 20.3 Å². The molecule has 2 aromatic heterocycles. The number of halogens is 1. The van der Waals surface area contributed by atoms with E-state index < -0.39 is 0 Å². The molecule has 0 unspecified atom stereocenters. The number of aromatic nitrogens is 2. The molecule has 0 N–H and O–H groups in total. The Kier molecular flexibility index (Phi) is 6.56. The second-order valence-electron chi connectivity index (χ2n) is 6.63. The second-order valence-corrected chi connectivity index (χ2v) is 7.04. The Labute approximate surface area is 169 Å². The van der Waals surface area contributed by atoms with E-state index in [1.807, 2.05) is 61.5 Å². The SMILES string of the molecule is CC(=O)C[C@@H](C)/C=C/c1ccc(Oc2ccc(-c3ccccn3)cc2Cl)nc1. The van der Waals surface area contributed by atoms with Crippen molar-refractivity contribution in [2.24, 2.45) is 5.92 Å². The fourth-order valence-corrected chi connectivity index (χ4v) is 2.96. The number of hydrogen-bond acceptors (Lipinski definition) is 4. The molecule has 0 bridgehead atoms. The highest BCUT2D eigenvalue weighted by Crippen LogP contribution is 2.32. The van der Waals surface area contributed by atoms with Gasteiger partial charge in [-0.05, 0) is 54.8 Å². The summed E-state index contributed by atoms with van der Waals surface area (Å²) in [6, 6.07) is 15.0. The molecule has 0 aliphatic carbocycles. The van der Waals surface area contributed by atoms with Crippen molar-refractivity contribution in [3.63, 3.8) is 0 Å². The first-order valence-electron chi connectivity index (χ1n) is 9.04. The van der Waals surface area contributed by atoms with Crippen LogP contribution < -0.4 is 4.74 Å². The summed E-state index contributed by atoms with van der Waals surface area (Å²) >= 11 is 6.37. The zero-order valence-electron chi connectivity index (χ0n) is 15.8. The number of carbonyl (C=O) groups excluding carboxylic acids is 1. The third-order valence-electron chi connectivity index (χ3n) is 4.09. The average molecular weight is 393 g/mol. The molecule has 2 heterocycles. The predicted molar refractivity (Wildman–Crippen MR) is 112 cm³/mol. The summed E-state index contributed by atoms with van der Waals surface area (Å²) in [5, 5.41) is 0.493. The molecule has 28 heavy (non-hydrogen) atoms. The van der Waals surface area contributed by atoms with Crippen LogP contribution in [0.5, 0.6) is 11.6 Å². The molecule has 0 radical (unpaired) electrons. The van der Waals surface area contributed by atoms with Gasteiger partial charge in [-0.1, -0.05) is 36.7 Å². The van der Waals surface area contributed by atoms with Crippen LogP contribution >= 0.6 is 11.6 Å². The molecule has 3 aromatic rings. The van der Waals surface area contributed by atoms with E-state index in [0.717, 1.165) is 16.8 Å². The lowest BCUT2D eigenvalue weighted by molar-refractivity contribution is -0.117. The largest absolute Gasteiger partial charge is 0.437 e. The Balaban J connectivity index is 1.67. The minimum Gasteiger partial charge on any atom is -0.437 e. The number of allylic oxidation sites excluding steroid dienone is 1. The summed E-state index contributed by atoms with van der Waals surface area (Å²) in [6.45, 7) is 3.62. The lowest BCUT2D eigenvalue weighted by Crippen LogP contribution is -1.97. The van der Waals surface area contributed by atoms with Crippen LogP contribution in [0.3, 0.4) is 0 Å². The van der Waals surface area contributed by atoms with Crippen molar-refractivity contribution in [3.05, 3.63) is 77.6 Å². The van der Waals surface area contributed by atoms with Gasteiger partial charge in [0.1, 0.15) is 11.5 Å². The lowest BCUT2D eigenvalue weighted by Gasteiger charge is -2.09. The molecule has 0 fully saturated rings. The smallest absolute Gasteiger partial charge is 0.219 e. The molecule has 0 amide bonds. The molecule has 0 saturated heterocycles. The number of pyridine rings is 2. The van der Waals surface area contributed by atoms with E-state index in [9.17, 15) is 4.79 Å². The first-order chi connectivity index (χ1) is 13.5. The zero-order chi connectivity index (χ0) is 19.9. The molecule has 3 rings (SSSR count). The first-order valence-corrected chi connectivity index (χ1v) is 9.41. The van der Waals surface area contributed by atoms with Crippen molar-refractivity contribution in [3.8, 4) is 22.9 Å². The van der Waals surface area contributed by atoms with Crippen LogP contribution in [-0.2, 0) is 4.79 Å². The molecule has 5 heteroatoms. The van der Waals surface area contributed by atoms with Crippen molar-refractivity contribution in [2.75, 3.05) is 0 Å². The molecule has 1 aromatic carbocycles. The fraction of sp³-hybridized carbons (Fsp3) is 0.174. The van der Waals surface area contributed by atoms with Crippen LogP contribution in [0, 0.1) is 5.92 Å². The average Bonchev–Trinajstić information content (AvgIpc) is 2.69. The third kappa shape index (κ3) is 5.51. The summed E-state index contributed by atoms with van der Waals surface area (Å²) < 4.78 is 5.80. The summed E-state index contributed by atoms with van der Waals surface area (Å²) in [4.78, 5) is 19.8. The molecular formula is C23H21ClN2O2. The van der Waals surface area contributed by atoms with Gasteiger partial charge in [0.15, 0.2) is 0 Å². The topological polar surface area (TPSA) is 52.1 Å². The van der Waals surface area contributed by atoms with Crippen LogP contribution in [0.4, 0.5) is 0 Å². The summed E-state index contributed by atoms with van der Waals surface area (Å²) in [5.74, 6) is 1.38. The van der Waals surface area contributed by atoms with Crippen LogP contribution in [-0.4, -0.2) is 15.8 Å². The van der Waals surface area contributed by atoms with Crippen LogP contribution in [0.1, 0.15) is 25.8 Å². The molecule has 0 saturated carbocycles. The number of ether oxygens (including phenoxy) is 1. The fourth-order valence-electron chi connectivity index (χ4n) is 2.74. The number of hydrogen-bond donors (Lipinski definition) is 0. The van der Waals surface area contributed by atoms with Gasteiger partial charge in [-0.15, -0.1) is 0 Å². The molecule has 0 spiro atoms. The van der Waals surface area contributed by atoms with Gasteiger partial charge in [-0.25, -0.2) is 4.98 Å². The van der Waals surface area contributed by atoms with E-state index in [1.165, 1.54) is 0 Å². The minimum absolute atomic E-state index is 0.185. The van der Waals surface area contributed by atoms with Crippen molar-refractivity contribution in [1.29, 1.82) is 0 Å². The Morgan fingerprint density at radius 3 is 2.68 bits per heavy atom. The number of ketones is 1. The molecule has 142 valence electrons. The Morgan fingerprint density at radius 1 is 1.18 bits per heavy atom. The van der Waals surface area contributed by atoms with Crippen LogP contribution in [0.2, 0.25) is 5.02 Å². The quantitative estimate of drug-likeness (QED) is 0.479. The predicted octanol–water partition coefficient (Wildman–Crippen LogP) is 6.22. The summed E-state index contributed by atoms with van der Waals surface area (Å²) in [6.07, 6.45) is 7.97. The molecule has 0 aliphatic heterocycles. The summed E-state index contributed by atoms with van der Waals surface area (Å²) in [7, 11) is 0. The van der Waals surface area contributed by atoms with E-state index in [1.54, 1.807) is 25.4 Å². The first kappa shape index (κ1) is 19.8. The summed E-state index contributed by atoms with van der Waals surface area (Å²) in [5.41, 5.74) is 2.72. The third-order valence-corrected chi connectivity index (χ3v) is 4.39. The number of benzene rings is 1. The van der Waals surface area contributed by atoms with Gasteiger partial charge in [0, 0.05) is 30.4 Å². The van der Waals surface area contributed by atoms with E-state index in [4.69, 9.17) is 16.3 Å². The van der Waals surface area contributed by atoms with Gasteiger partial charge in [0.25, 0.3) is 0 Å². The van der Waals surface area contributed by atoms with Gasteiger partial charge >= 0.3 is 0 Å². The van der Waals surface area contributed by atoms with E-state index >= 15 is 0 Å². The second kappa shape index (κ2) is 9.29. The zero-order valence-corrected chi connectivity index (χ0v) is 16.6. The van der Waals surface area contributed by atoms with Gasteiger partial charge in [-0.2, -0.15) is 0 Å². The number of rotatable bonds is 7. The van der Waals surface area contributed by atoms with Crippen LogP contribution in [0.15, 0.2) is 67.0 Å². The van der Waals surface area contributed by atoms with Crippen molar-refractivity contribution in [1.82, 2.24) is 9.97 Å². The maximum absolute atomic E-state index is 11.1. The maximum atomic E-state index is 11.1. The molecule has 1 atom stereocenters. The van der Waals surface area contributed by atoms with E-state index in [0.29, 0.717) is 23.1 Å². The van der Waals surface area contributed by atoms with E-state index in [2.05, 4.69) is 9.97 Å². The number of nitrogens with zero attached hydrogens (tertiary/aromatic N) is 2.